The summed E-state index contributed by atoms with van der Waals surface area (Å²) in [7, 11) is 0. The van der Waals surface area contributed by atoms with Gasteiger partial charge in [0.2, 0.25) is 0 Å². The second-order valence-corrected chi connectivity index (χ2v) is 7.13. The molecule has 0 unspecified atom stereocenters. The van der Waals surface area contributed by atoms with E-state index >= 15 is 0 Å². The third-order valence-corrected chi connectivity index (χ3v) is 4.29. The number of hydrogen-bond acceptors (Lipinski definition) is 7. The minimum absolute atomic E-state index is 0.0121. The number of nitrogens with zero attached hydrogens (tertiary/aromatic N) is 4. The number of hydrogen-bond donors (Lipinski definition) is 0. The van der Waals surface area contributed by atoms with Crippen LogP contribution in [-0.2, 0) is 14.3 Å². The summed E-state index contributed by atoms with van der Waals surface area (Å²) in [5.41, 5.74) is 1.70. The molecular formula is C20H24N4O3. The van der Waals surface area contributed by atoms with Gasteiger partial charge in [0.25, 0.3) is 0 Å². The molecule has 7 nitrogen and oxygen atoms in total. The van der Waals surface area contributed by atoms with Crippen LogP contribution in [0.2, 0.25) is 0 Å². The first-order chi connectivity index (χ1) is 12.9. The second-order valence-electron chi connectivity index (χ2n) is 7.13. The lowest BCUT2D eigenvalue weighted by Gasteiger charge is -2.37. The van der Waals surface area contributed by atoms with Gasteiger partial charge in [-0.25, -0.2) is 9.97 Å². The fourth-order valence-electron chi connectivity index (χ4n) is 3.31. The highest BCUT2D eigenvalue weighted by molar-refractivity contribution is 5.85. The van der Waals surface area contributed by atoms with Crippen LogP contribution >= 0.6 is 0 Å². The summed E-state index contributed by atoms with van der Waals surface area (Å²) in [4.78, 5) is 24.0. The van der Waals surface area contributed by atoms with Crippen molar-refractivity contribution in [2.75, 3.05) is 18.0 Å². The van der Waals surface area contributed by atoms with Gasteiger partial charge in [0.1, 0.15) is 5.69 Å². The molecule has 0 bridgehead atoms. The first kappa shape index (κ1) is 19.1. The molecule has 2 heterocycles. The Kier molecular flexibility index (Phi) is 5.57. The Morgan fingerprint density at radius 3 is 2.37 bits per heavy atom. The zero-order valence-electron chi connectivity index (χ0n) is 16.0. The molecule has 0 spiro atoms. The molecule has 0 N–H and O–H groups in total. The highest BCUT2D eigenvalue weighted by Crippen LogP contribution is 2.30. The number of esters is 1. The molecule has 3 atom stereocenters. The van der Waals surface area contributed by atoms with Gasteiger partial charge >= 0.3 is 5.97 Å². The summed E-state index contributed by atoms with van der Waals surface area (Å²) in [5.74, 6) is -1.19. The average Bonchev–Trinajstić information content (AvgIpc) is 2.60. The quantitative estimate of drug-likeness (QED) is 0.767. The highest BCUT2D eigenvalue weighted by Gasteiger charge is 2.33. The van der Waals surface area contributed by atoms with Crippen LogP contribution in [0.4, 0.5) is 5.82 Å². The Morgan fingerprint density at radius 1 is 1.22 bits per heavy atom. The van der Waals surface area contributed by atoms with Crippen LogP contribution < -0.4 is 4.90 Å². The number of para-hydroxylation sites is 2. The number of carbonyl (C=O) groups is 1. The summed E-state index contributed by atoms with van der Waals surface area (Å²) in [5, 5.41) is 9.70. The van der Waals surface area contributed by atoms with E-state index in [0.717, 1.165) is 5.52 Å². The number of aromatic nitrogens is 2. The zero-order chi connectivity index (χ0) is 19.6. The van der Waals surface area contributed by atoms with Crippen LogP contribution in [0, 0.1) is 11.3 Å². The maximum absolute atomic E-state index is 12.5. The number of benzene rings is 1. The number of carbonyl (C=O) groups excluding carboxylic acids is 1. The van der Waals surface area contributed by atoms with Crippen molar-refractivity contribution in [1.29, 1.82) is 5.26 Å². The topological polar surface area (TPSA) is 88.3 Å². The third kappa shape index (κ3) is 4.17. The van der Waals surface area contributed by atoms with Gasteiger partial charge < -0.3 is 14.4 Å². The summed E-state index contributed by atoms with van der Waals surface area (Å²) in [6.07, 6.45) is -0.287. The van der Waals surface area contributed by atoms with Crippen molar-refractivity contribution in [2.24, 2.45) is 0 Å². The van der Waals surface area contributed by atoms with E-state index in [1.54, 1.807) is 13.8 Å². The first-order valence-electron chi connectivity index (χ1n) is 9.16. The minimum Gasteiger partial charge on any atom is -0.462 e. The number of rotatable bonds is 4. The van der Waals surface area contributed by atoms with Crippen molar-refractivity contribution in [3.8, 4) is 6.07 Å². The van der Waals surface area contributed by atoms with E-state index in [2.05, 4.69) is 11.1 Å². The van der Waals surface area contributed by atoms with Crippen LogP contribution in [0.25, 0.3) is 11.0 Å². The smallest absolute Gasteiger partial charge is 0.329 e. The molecule has 0 saturated carbocycles. The molecule has 142 valence electrons. The molecule has 0 aliphatic carbocycles. The van der Waals surface area contributed by atoms with Crippen LogP contribution in [0.5, 0.6) is 0 Å². The minimum atomic E-state index is -1.13. The van der Waals surface area contributed by atoms with Gasteiger partial charge in [-0.05, 0) is 39.8 Å². The van der Waals surface area contributed by atoms with Crippen molar-refractivity contribution in [3.05, 3.63) is 30.0 Å². The fraction of sp³-hybridized carbons (Fsp3) is 0.500. The standard InChI is InChI=1S/C20H24N4O3/c1-12(2)26-20(25)15(9-21)18-19(24-10-13(3)27-14(4)11-24)23-17-8-6-5-7-16(17)22-18/h5-8,12-15H,10-11H2,1-4H3/t13-,14+,15-/m0/s1. The highest BCUT2D eigenvalue weighted by atomic mass is 16.5. The monoisotopic (exact) mass is 368 g/mol. The second kappa shape index (κ2) is 7.89. The number of ether oxygens (including phenoxy) is 2. The van der Waals surface area contributed by atoms with Crippen molar-refractivity contribution in [1.82, 2.24) is 9.97 Å². The lowest BCUT2D eigenvalue weighted by Crippen LogP contribution is -2.46. The maximum atomic E-state index is 12.5. The summed E-state index contributed by atoms with van der Waals surface area (Å²) in [6.45, 7) is 8.72. The van der Waals surface area contributed by atoms with Gasteiger partial charge in [0, 0.05) is 13.1 Å². The Balaban J connectivity index is 2.11. The first-order valence-corrected chi connectivity index (χ1v) is 9.16. The number of fused-ring (bicyclic) bond motifs is 1. The average molecular weight is 368 g/mol. The molecule has 27 heavy (non-hydrogen) atoms. The van der Waals surface area contributed by atoms with Gasteiger partial charge in [-0.1, -0.05) is 12.1 Å². The lowest BCUT2D eigenvalue weighted by molar-refractivity contribution is -0.147. The van der Waals surface area contributed by atoms with Gasteiger partial charge in [-0.2, -0.15) is 5.26 Å². The Bertz CT molecular complexity index is 867. The van der Waals surface area contributed by atoms with Crippen molar-refractivity contribution in [3.63, 3.8) is 0 Å². The Hall–Kier alpha value is -2.72. The van der Waals surface area contributed by atoms with Gasteiger partial charge in [0.05, 0.1) is 35.4 Å². The van der Waals surface area contributed by atoms with Crippen LogP contribution in [0.3, 0.4) is 0 Å². The maximum Gasteiger partial charge on any atom is 0.329 e. The largest absolute Gasteiger partial charge is 0.462 e. The lowest BCUT2D eigenvalue weighted by atomic mass is 10.1. The molecule has 1 saturated heterocycles. The number of morpholine rings is 1. The molecule has 1 fully saturated rings. The molecule has 0 amide bonds. The van der Waals surface area contributed by atoms with E-state index in [0.29, 0.717) is 30.1 Å². The molecule has 3 rings (SSSR count). The van der Waals surface area contributed by atoms with Crippen LogP contribution in [0.15, 0.2) is 24.3 Å². The fourth-order valence-corrected chi connectivity index (χ4v) is 3.31. The van der Waals surface area contributed by atoms with Crippen LogP contribution in [0.1, 0.15) is 39.3 Å². The van der Waals surface area contributed by atoms with Gasteiger partial charge in [-0.15, -0.1) is 0 Å². The van der Waals surface area contributed by atoms with E-state index in [1.807, 2.05) is 43.0 Å². The van der Waals surface area contributed by atoms with Gasteiger partial charge in [-0.3, -0.25) is 4.79 Å². The molecule has 1 aromatic carbocycles. The Labute approximate surface area is 158 Å². The Morgan fingerprint density at radius 2 is 1.81 bits per heavy atom. The predicted octanol–water partition coefficient (Wildman–Crippen LogP) is 2.80. The molecule has 1 aromatic heterocycles. The van der Waals surface area contributed by atoms with E-state index in [1.165, 1.54) is 0 Å². The van der Waals surface area contributed by atoms with Crippen molar-refractivity contribution in [2.45, 2.75) is 51.9 Å². The van der Waals surface area contributed by atoms with Crippen molar-refractivity contribution >= 4 is 22.8 Å². The molecule has 7 heteroatoms. The zero-order valence-corrected chi connectivity index (χ0v) is 16.0. The van der Waals surface area contributed by atoms with E-state index in [-0.39, 0.29) is 18.3 Å². The third-order valence-electron chi connectivity index (χ3n) is 4.29. The summed E-state index contributed by atoms with van der Waals surface area (Å²) < 4.78 is 11.1. The normalized spacial score (nSPS) is 21.1. The van der Waals surface area contributed by atoms with Crippen molar-refractivity contribution < 1.29 is 14.3 Å². The van der Waals surface area contributed by atoms with E-state index in [9.17, 15) is 10.1 Å². The van der Waals surface area contributed by atoms with E-state index in [4.69, 9.17) is 14.5 Å². The molecule has 0 radical (unpaired) electrons. The number of nitriles is 1. The SMILES string of the molecule is CC(C)OC(=O)[C@@H](C#N)c1nc2ccccc2nc1N1C[C@@H](C)O[C@@H](C)C1. The molecule has 2 aromatic rings. The molecular weight excluding hydrogens is 344 g/mol. The van der Waals surface area contributed by atoms with Gasteiger partial charge in [0.15, 0.2) is 11.7 Å². The predicted molar refractivity (Wildman–Crippen MR) is 101 cm³/mol. The molecule has 1 aliphatic heterocycles. The summed E-state index contributed by atoms with van der Waals surface area (Å²) >= 11 is 0. The number of anilines is 1. The molecule has 1 aliphatic rings. The van der Waals surface area contributed by atoms with E-state index < -0.39 is 11.9 Å². The summed E-state index contributed by atoms with van der Waals surface area (Å²) in [6, 6.07) is 9.49. The van der Waals surface area contributed by atoms with Crippen LogP contribution in [-0.4, -0.2) is 47.3 Å².